The molecule has 0 bridgehead atoms. The Morgan fingerprint density at radius 2 is 2.28 bits per heavy atom. The van der Waals surface area contributed by atoms with Crippen molar-refractivity contribution in [3.63, 3.8) is 0 Å². The van der Waals surface area contributed by atoms with Crippen molar-refractivity contribution in [1.29, 1.82) is 0 Å². The van der Waals surface area contributed by atoms with Gasteiger partial charge in [-0.2, -0.15) is 5.10 Å². The number of imidazole rings is 1. The molecule has 3 aromatic rings. The average molecular weight is 341 g/mol. The van der Waals surface area contributed by atoms with Crippen LogP contribution in [0.5, 0.6) is 0 Å². The van der Waals surface area contributed by atoms with Gasteiger partial charge >= 0.3 is 0 Å². The molecule has 3 aromatic heterocycles. The Hall–Kier alpha value is -2.97. The summed E-state index contributed by atoms with van der Waals surface area (Å²) in [6.07, 6.45) is 8.67. The highest BCUT2D eigenvalue weighted by Crippen LogP contribution is 2.13. The lowest BCUT2D eigenvalue weighted by molar-refractivity contribution is -0.122. The minimum Gasteiger partial charge on any atom is -0.352 e. The number of carbonyl (C=O) groups excluding carboxylic acids is 1. The molecule has 9 nitrogen and oxygen atoms in total. The van der Waals surface area contributed by atoms with Gasteiger partial charge in [-0.3, -0.25) is 18.8 Å². The first kappa shape index (κ1) is 15.6. The molecular formula is C16H19N7O2. The summed E-state index contributed by atoms with van der Waals surface area (Å²) in [4.78, 5) is 33.1. The molecule has 4 rings (SSSR count). The molecule has 1 atom stereocenters. The van der Waals surface area contributed by atoms with E-state index in [1.807, 2.05) is 6.20 Å². The number of nitrogens with zero attached hydrogens (tertiary/aromatic N) is 6. The maximum atomic E-state index is 12.4. The van der Waals surface area contributed by atoms with Crippen molar-refractivity contribution in [2.75, 3.05) is 0 Å². The van der Waals surface area contributed by atoms with Gasteiger partial charge in [-0.05, 0) is 6.42 Å². The van der Waals surface area contributed by atoms with Gasteiger partial charge in [0.15, 0.2) is 5.65 Å². The van der Waals surface area contributed by atoms with E-state index in [2.05, 4.69) is 25.0 Å². The fraction of sp³-hybridized carbons (Fsp3) is 0.438. The Kier molecular flexibility index (Phi) is 3.83. The van der Waals surface area contributed by atoms with Crippen LogP contribution in [0.3, 0.4) is 0 Å². The predicted octanol–water partition coefficient (Wildman–Crippen LogP) is -0.152. The maximum Gasteiger partial charge on any atom is 0.264 e. The first-order valence-electron chi connectivity index (χ1n) is 8.28. The van der Waals surface area contributed by atoms with Gasteiger partial charge in [0, 0.05) is 51.4 Å². The standard InChI is InChI=1S/C16H19N7O2/c1-21-15-12(8-19-21)16(25)23(10-18-15)6-4-14(24)20-11-2-3-13-17-5-7-22(13)9-11/h5,7-8,10-11H,2-4,6,9H2,1H3,(H,20,24)/t11-/m1/s1. The summed E-state index contributed by atoms with van der Waals surface area (Å²) >= 11 is 0. The van der Waals surface area contributed by atoms with Crippen molar-refractivity contribution in [3.8, 4) is 0 Å². The highest BCUT2D eigenvalue weighted by molar-refractivity contribution is 5.76. The lowest BCUT2D eigenvalue weighted by Crippen LogP contribution is -2.41. The summed E-state index contributed by atoms with van der Waals surface area (Å²) in [6.45, 7) is 1.04. The van der Waals surface area contributed by atoms with Crippen molar-refractivity contribution in [1.82, 2.24) is 34.2 Å². The van der Waals surface area contributed by atoms with E-state index in [0.29, 0.717) is 17.6 Å². The van der Waals surface area contributed by atoms with Crippen LogP contribution in [0, 0.1) is 0 Å². The summed E-state index contributed by atoms with van der Waals surface area (Å²) < 4.78 is 5.08. The number of carbonyl (C=O) groups is 1. The summed E-state index contributed by atoms with van der Waals surface area (Å²) in [6, 6.07) is 0.102. The molecule has 0 aliphatic carbocycles. The Balaban J connectivity index is 1.38. The summed E-state index contributed by atoms with van der Waals surface area (Å²) in [7, 11) is 1.74. The summed E-state index contributed by atoms with van der Waals surface area (Å²) in [5, 5.41) is 7.54. The molecule has 130 valence electrons. The second kappa shape index (κ2) is 6.15. The third kappa shape index (κ3) is 2.92. The molecule has 25 heavy (non-hydrogen) atoms. The van der Waals surface area contributed by atoms with E-state index in [0.717, 1.165) is 25.2 Å². The van der Waals surface area contributed by atoms with Crippen LogP contribution in [-0.2, 0) is 31.4 Å². The normalized spacial score (nSPS) is 16.8. The molecule has 0 saturated carbocycles. The first-order chi connectivity index (χ1) is 12.1. The molecular weight excluding hydrogens is 322 g/mol. The van der Waals surface area contributed by atoms with Crippen molar-refractivity contribution >= 4 is 16.9 Å². The Morgan fingerprint density at radius 1 is 1.40 bits per heavy atom. The minimum atomic E-state index is -0.174. The lowest BCUT2D eigenvalue weighted by atomic mass is 10.1. The minimum absolute atomic E-state index is 0.0632. The molecule has 0 fully saturated rings. The van der Waals surface area contributed by atoms with Crippen LogP contribution in [0.2, 0.25) is 0 Å². The molecule has 0 saturated heterocycles. The lowest BCUT2D eigenvalue weighted by Gasteiger charge is -2.24. The molecule has 1 aliphatic heterocycles. The van der Waals surface area contributed by atoms with Crippen molar-refractivity contribution < 1.29 is 4.79 Å². The molecule has 1 amide bonds. The topological polar surface area (TPSA) is 99.6 Å². The SMILES string of the molecule is Cn1ncc2c(=O)n(CCC(=O)N[C@@H]3CCc4nccn4C3)cnc21. The molecule has 0 spiro atoms. The second-order valence-electron chi connectivity index (χ2n) is 6.30. The quantitative estimate of drug-likeness (QED) is 0.711. The highest BCUT2D eigenvalue weighted by atomic mass is 16.2. The van der Waals surface area contributed by atoms with Crippen molar-refractivity contribution in [2.45, 2.75) is 38.4 Å². The number of hydrogen-bond donors (Lipinski definition) is 1. The van der Waals surface area contributed by atoms with Gasteiger partial charge in [-0.25, -0.2) is 9.97 Å². The van der Waals surface area contributed by atoms with Gasteiger partial charge in [-0.15, -0.1) is 0 Å². The largest absolute Gasteiger partial charge is 0.352 e. The third-order valence-electron chi connectivity index (χ3n) is 4.60. The van der Waals surface area contributed by atoms with Crippen molar-refractivity contribution in [2.24, 2.45) is 7.05 Å². The number of fused-ring (bicyclic) bond motifs is 2. The summed E-state index contributed by atoms with van der Waals surface area (Å²) in [5.41, 5.74) is 0.371. The second-order valence-corrected chi connectivity index (χ2v) is 6.30. The van der Waals surface area contributed by atoms with E-state index in [4.69, 9.17) is 0 Å². The molecule has 1 aliphatic rings. The zero-order chi connectivity index (χ0) is 17.4. The van der Waals surface area contributed by atoms with Crippen LogP contribution in [0.25, 0.3) is 11.0 Å². The van der Waals surface area contributed by atoms with Gasteiger partial charge in [0.2, 0.25) is 5.91 Å². The number of nitrogens with one attached hydrogen (secondary N) is 1. The van der Waals surface area contributed by atoms with E-state index < -0.39 is 0 Å². The average Bonchev–Trinajstić information content (AvgIpc) is 3.21. The molecule has 4 heterocycles. The number of aryl methyl sites for hydroxylation is 3. The van der Waals surface area contributed by atoms with E-state index in [1.54, 1.807) is 17.9 Å². The van der Waals surface area contributed by atoms with Gasteiger partial charge in [0.25, 0.3) is 5.56 Å². The zero-order valence-electron chi connectivity index (χ0n) is 13.9. The fourth-order valence-electron chi connectivity index (χ4n) is 3.23. The number of hydrogen-bond acceptors (Lipinski definition) is 5. The molecule has 9 heteroatoms. The Labute approximate surface area is 143 Å². The maximum absolute atomic E-state index is 12.4. The highest BCUT2D eigenvalue weighted by Gasteiger charge is 2.20. The van der Waals surface area contributed by atoms with Crippen LogP contribution in [0.15, 0.2) is 29.7 Å². The first-order valence-corrected chi connectivity index (χ1v) is 8.28. The predicted molar refractivity (Wildman–Crippen MR) is 89.9 cm³/mol. The smallest absolute Gasteiger partial charge is 0.264 e. The zero-order valence-corrected chi connectivity index (χ0v) is 13.9. The van der Waals surface area contributed by atoms with E-state index in [-0.39, 0.29) is 23.9 Å². The third-order valence-corrected chi connectivity index (χ3v) is 4.60. The van der Waals surface area contributed by atoms with Gasteiger partial charge in [-0.1, -0.05) is 0 Å². The molecule has 0 aromatic carbocycles. The van der Waals surface area contributed by atoms with E-state index in [9.17, 15) is 9.59 Å². The Bertz CT molecular complexity index is 984. The Morgan fingerprint density at radius 3 is 3.16 bits per heavy atom. The molecule has 0 radical (unpaired) electrons. The van der Waals surface area contributed by atoms with Crippen LogP contribution in [0.1, 0.15) is 18.7 Å². The summed E-state index contributed by atoms with van der Waals surface area (Å²) in [5.74, 6) is 1.000. The number of aromatic nitrogens is 6. The van der Waals surface area contributed by atoms with Crippen LogP contribution >= 0.6 is 0 Å². The van der Waals surface area contributed by atoms with Gasteiger partial charge in [0.05, 0.1) is 12.5 Å². The number of amides is 1. The van der Waals surface area contributed by atoms with Crippen molar-refractivity contribution in [3.05, 3.63) is 41.1 Å². The van der Waals surface area contributed by atoms with E-state index in [1.165, 1.54) is 17.1 Å². The number of rotatable bonds is 4. The fourth-order valence-corrected chi connectivity index (χ4v) is 3.23. The van der Waals surface area contributed by atoms with E-state index >= 15 is 0 Å². The van der Waals surface area contributed by atoms with Crippen LogP contribution in [-0.4, -0.2) is 40.8 Å². The van der Waals surface area contributed by atoms with Gasteiger partial charge in [0.1, 0.15) is 11.2 Å². The van der Waals surface area contributed by atoms with Gasteiger partial charge < -0.3 is 9.88 Å². The van der Waals surface area contributed by atoms with Crippen LogP contribution in [0.4, 0.5) is 0 Å². The van der Waals surface area contributed by atoms with Crippen LogP contribution < -0.4 is 10.9 Å². The molecule has 0 unspecified atom stereocenters. The molecule has 1 N–H and O–H groups in total. The monoisotopic (exact) mass is 341 g/mol.